The van der Waals surface area contributed by atoms with Crippen molar-refractivity contribution in [2.75, 3.05) is 6.61 Å². The lowest BCUT2D eigenvalue weighted by atomic mass is 10.2. The third kappa shape index (κ3) is 6.84. The molecule has 1 unspecified atom stereocenters. The van der Waals surface area contributed by atoms with E-state index in [1.165, 1.54) is 30.3 Å². The number of rotatable bonds is 9. The van der Waals surface area contributed by atoms with Crippen molar-refractivity contribution >= 4 is 22.1 Å². The van der Waals surface area contributed by atoms with E-state index in [-0.39, 0.29) is 5.56 Å². The second-order valence-corrected chi connectivity index (χ2v) is 7.49. The molecular weight excluding hydrogens is 504 g/mol. The number of halogens is 8. The molecule has 0 radical (unpaired) electrons. The SMILES string of the molecule is C=C(C(=O)OC(OCC(F)(F)S(=O)(=O)O)(C(=O)OCc1ccccc1)C(F)(F)F)C(F)(F)F. The van der Waals surface area contributed by atoms with Crippen molar-refractivity contribution in [2.24, 2.45) is 0 Å². The van der Waals surface area contributed by atoms with Crippen molar-refractivity contribution in [3.8, 4) is 0 Å². The summed E-state index contributed by atoms with van der Waals surface area (Å²) in [6, 6.07) is 6.50. The Morgan fingerprint density at radius 1 is 0.970 bits per heavy atom. The first-order chi connectivity index (χ1) is 14.7. The van der Waals surface area contributed by atoms with Crippen molar-refractivity contribution in [2.45, 2.75) is 30.0 Å². The average Bonchev–Trinajstić information content (AvgIpc) is 2.66. The second-order valence-electron chi connectivity index (χ2n) is 5.94. The Kier molecular flexibility index (Phi) is 8.22. The molecule has 0 fully saturated rings. The minimum Gasteiger partial charge on any atom is -0.456 e. The summed E-state index contributed by atoms with van der Waals surface area (Å²) in [6.45, 7) is -1.89. The van der Waals surface area contributed by atoms with Crippen LogP contribution in [0.3, 0.4) is 0 Å². The number of carbonyl (C=O) groups is 2. The predicted molar refractivity (Wildman–Crippen MR) is 88.8 cm³/mol. The van der Waals surface area contributed by atoms with Crippen LogP contribution in [0.15, 0.2) is 42.5 Å². The Hall–Kier alpha value is -2.79. The molecule has 8 nitrogen and oxygen atoms in total. The summed E-state index contributed by atoms with van der Waals surface area (Å²) in [5.74, 6) is -11.1. The first kappa shape index (κ1) is 28.2. The molecule has 0 amide bonds. The van der Waals surface area contributed by atoms with E-state index >= 15 is 0 Å². The van der Waals surface area contributed by atoms with Crippen LogP contribution in [0, 0.1) is 0 Å². The van der Waals surface area contributed by atoms with Crippen LogP contribution in [0.2, 0.25) is 0 Å². The molecule has 1 atom stereocenters. The van der Waals surface area contributed by atoms with Crippen molar-refractivity contribution in [3.05, 3.63) is 48.0 Å². The van der Waals surface area contributed by atoms with Gasteiger partial charge in [0.2, 0.25) is 0 Å². The molecule has 0 heterocycles. The summed E-state index contributed by atoms with van der Waals surface area (Å²) in [5.41, 5.74) is -2.60. The van der Waals surface area contributed by atoms with Gasteiger partial charge in [0.1, 0.15) is 18.8 Å². The molecule has 1 aromatic carbocycles. The number of esters is 2. The average molecular weight is 516 g/mol. The lowest BCUT2D eigenvalue weighted by Gasteiger charge is -2.33. The molecule has 0 aliphatic rings. The maximum atomic E-state index is 13.7. The molecule has 0 saturated carbocycles. The Morgan fingerprint density at radius 3 is 1.91 bits per heavy atom. The predicted octanol–water partition coefficient (Wildman–Crippen LogP) is 3.15. The molecule has 0 saturated heterocycles. The molecular formula is C16H12F8O8S. The van der Waals surface area contributed by atoms with Gasteiger partial charge in [0, 0.05) is 0 Å². The lowest BCUT2D eigenvalue weighted by molar-refractivity contribution is -0.361. The van der Waals surface area contributed by atoms with Gasteiger partial charge in [-0.25, -0.2) is 9.59 Å². The number of hydrogen-bond donors (Lipinski definition) is 1. The summed E-state index contributed by atoms with van der Waals surface area (Å²) >= 11 is 0. The van der Waals surface area contributed by atoms with Crippen LogP contribution >= 0.6 is 0 Å². The van der Waals surface area contributed by atoms with E-state index in [0.717, 1.165) is 0 Å². The fourth-order valence-electron chi connectivity index (χ4n) is 1.77. The van der Waals surface area contributed by atoms with Crippen molar-refractivity contribution in [1.82, 2.24) is 0 Å². The van der Waals surface area contributed by atoms with Crippen LogP contribution in [0.4, 0.5) is 35.1 Å². The van der Waals surface area contributed by atoms with Crippen LogP contribution in [0.1, 0.15) is 5.56 Å². The van der Waals surface area contributed by atoms with Crippen molar-refractivity contribution in [3.63, 3.8) is 0 Å². The van der Waals surface area contributed by atoms with Gasteiger partial charge in [-0.05, 0) is 5.56 Å². The fraction of sp³-hybridized carbons (Fsp3) is 0.375. The summed E-state index contributed by atoms with van der Waals surface area (Å²) in [4.78, 5) is 23.7. The van der Waals surface area contributed by atoms with Crippen LogP contribution < -0.4 is 0 Å². The Balaban J connectivity index is 3.43. The quantitative estimate of drug-likeness (QED) is 0.175. The highest BCUT2D eigenvalue weighted by molar-refractivity contribution is 7.86. The summed E-state index contributed by atoms with van der Waals surface area (Å²) < 4.78 is 147. The number of ether oxygens (including phenoxy) is 3. The van der Waals surface area contributed by atoms with E-state index in [1.54, 1.807) is 0 Å². The second kappa shape index (κ2) is 9.60. The van der Waals surface area contributed by atoms with Crippen LogP contribution in [-0.2, 0) is 40.5 Å². The van der Waals surface area contributed by atoms with Crippen LogP contribution in [0.25, 0.3) is 0 Å². The minimum atomic E-state index is -6.44. The van der Waals surface area contributed by atoms with E-state index in [1.807, 2.05) is 0 Å². The van der Waals surface area contributed by atoms with E-state index in [2.05, 4.69) is 20.8 Å². The number of benzene rings is 1. The fourth-order valence-corrected chi connectivity index (χ4v) is 1.98. The van der Waals surface area contributed by atoms with E-state index in [4.69, 9.17) is 4.55 Å². The Morgan fingerprint density at radius 2 is 1.48 bits per heavy atom. The molecule has 1 N–H and O–H groups in total. The van der Waals surface area contributed by atoms with Crippen LogP contribution in [0.5, 0.6) is 0 Å². The maximum Gasteiger partial charge on any atom is 0.468 e. The smallest absolute Gasteiger partial charge is 0.456 e. The molecule has 0 aliphatic heterocycles. The van der Waals surface area contributed by atoms with Crippen LogP contribution in [-0.4, -0.2) is 54.9 Å². The molecule has 1 rings (SSSR count). The third-order valence-corrected chi connectivity index (χ3v) is 4.37. The molecule has 186 valence electrons. The van der Waals surface area contributed by atoms with E-state index in [9.17, 15) is 53.1 Å². The van der Waals surface area contributed by atoms with Gasteiger partial charge in [-0.15, -0.1) is 0 Å². The zero-order valence-corrected chi connectivity index (χ0v) is 16.6. The van der Waals surface area contributed by atoms with Gasteiger partial charge in [0.05, 0.1) is 0 Å². The van der Waals surface area contributed by atoms with Gasteiger partial charge in [-0.3, -0.25) is 4.55 Å². The first-order valence-corrected chi connectivity index (χ1v) is 9.45. The van der Waals surface area contributed by atoms with E-state index in [0.29, 0.717) is 0 Å². The van der Waals surface area contributed by atoms with Gasteiger partial charge in [0.15, 0.2) is 0 Å². The zero-order chi connectivity index (χ0) is 25.9. The zero-order valence-electron chi connectivity index (χ0n) is 15.7. The molecule has 1 aromatic rings. The summed E-state index contributed by atoms with van der Waals surface area (Å²) in [5, 5.41) is -5.52. The van der Waals surface area contributed by atoms with Crippen molar-refractivity contribution in [1.29, 1.82) is 0 Å². The molecule has 0 aromatic heterocycles. The highest BCUT2D eigenvalue weighted by Gasteiger charge is 2.69. The normalized spacial score (nSPS) is 14.8. The highest BCUT2D eigenvalue weighted by Crippen LogP contribution is 2.40. The molecule has 0 bridgehead atoms. The Bertz CT molecular complexity index is 988. The third-order valence-electron chi connectivity index (χ3n) is 3.50. The minimum absolute atomic E-state index is 0.00350. The summed E-state index contributed by atoms with van der Waals surface area (Å²) in [6.07, 6.45) is -12.1. The monoisotopic (exact) mass is 516 g/mol. The highest BCUT2D eigenvalue weighted by atomic mass is 32.2. The number of alkyl halides is 8. The van der Waals surface area contributed by atoms with Gasteiger partial charge < -0.3 is 14.2 Å². The Labute approximate surface area is 179 Å². The van der Waals surface area contributed by atoms with Gasteiger partial charge in [-0.2, -0.15) is 43.5 Å². The molecule has 0 aliphatic carbocycles. The number of hydrogen-bond acceptors (Lipinski definition) is 7. The van der Waals surface area contributed by atoms with E-state index < -0.39 is 64.2 Å². The first-order valence-electron chi connectivity index (χ1n) is 8.01. The largest absolute Gasteiger partial charge is 0.468 e. The van der Waals surface area contributed by atoms with Crippen molar-refractivity contribution < 1.29 is 71.9 Å². The maximum absolute atomic E-state index is 13.7. The molecule has 17 heteroatoms. The topological polar surface area (TPSA) is 116 Å². The van der Waals surface area contributed by atoms with Gasteiger partial charge >= 0.3 is 45.5 Å². The number of carbonyl (C=O) groups excluding carboxylic acids is 2. The van der Waals surface area contributed by atoms with Gasteiger partial charge in [0.25, 0.3) is 0 Å². The molecule has 33 heavy (non-hydrogen) atoms. The lowest BCUT2D eigenvalue weighted by Crippen LogP contribution is -2.60. The van der Waals surface area contributed by atoms with Gasteiger partial charge in [-0.1, -0.05) is 36.9 Å². The standard InChI is InChI=1S/C16H12F8O8S/c1-9(15(19,20)21)11(25)32-14(16(22,23)24,31-8-13(17,18)33(27,28)29)12(26)30-7-10-5-3-2-4-6-10/h2-6H,1,7-8H2,(H,27,28,29). The summed E-state index contributed by atoms with van der Waals surface area (Å²) in [7, 11) is -6.44. The molecule has 0 spiro atoms.